The maximum absolute atomic E-state index is 13.2. The Hall–Kier alpha value is -0.830. The van der Waals surface area contributed by atoms with E-state index >= 15 is 0 Å². The predicted molar refractivity (Wildman–Crippen MR) is 127 cm³/mol. The second kappa shape index (κ2) is 8.35. The van der Waals surface area contributed by atoms with Crippen molar-refractivity contribution >= 4 is 5.78 Å². The van der Waals surface area contributed by atoms with Gasteiger partial charge in [0, 0.05) is 17.8 Å². The van der Waals surface area contributed by atoms with Crippen molar-refractivity contribution in [3.05, 3.63) is 11.6 Å². The summed E-state index contributed by atoms with van der Waals surface area (Å²) in [6, 6.07) is 0. The molecule has 4 aliphatic carbocycles. The van der Waals surface area contributed by atoms with E-state index in [0.717, 1.165) is 18.4 Å². The summed E-state index contributed by atoms with van der Waals surface area (Å²) in [7, 11) is 0. The van der Waals surface area contributed by atoms with Crippen LogP contribution in [0.5, 0.6) is 0 Å². The fourth-order valence-electron chi connectivity index (χ4n) is 8.25. The first-order valence-corrected chi connectivity index (χ1v) is 13.0. The van der Waals surface area contributed by atoms with Crippen LogP contribution in [0.25, 0.3) is 0 Å². The summed E-state index contributed by atoms with van der Waals surface area (Å²) in [5.74, 6) is -0.673. The number of hydrogen-bond acceptors (Lipinski definition) is 7. The number of aliphatic hydroxyl groups excluding tert-OH is 4. The zero-order chi connectivity index (χ0) is 25.4. The minimum Gasteiger partial charge on any atom is -0.393 e. The molecule has 7 heteroatoms. The molecule has 6 N–H and O–H groups in total. The molecule has 0 spiro atoms. The van der Waals surface area contributed by atoms with E-state index in [9.17, 15) is 35.4 Å². The molecular formula is C27H44O7. The fourth-order valence-corrected chi connectivity index (χ4v) is 8.25. The van der Waals surface area contributed by atoms with Gasteiger partial charge in [-0.15, -0.1) is 0 Å². The van der Waals surface area contributed by atoms with Crippen LogP contribution in [-0.2, 0) is 4.79 Å². The van der Waals surface area contributed by atoms with Crippen LogP contribution >= 0.6 is 0 Å². The van der Waals surface area contributed by atoms with Crippen molar-refractivity contribution in [2.24, 2.45) is 34.5 Å². The molecule has 3 fully saturated rings. The first-order valence-electron chi connectivity index (χ1n) is 13.0. The molecule has 1 unspecified atom stereocenters. The highest BCUT2D eigenvalue weighted by molar-refractivity contribution is 5.95. The second-order valence-corrected chi connectivity index (χ2v) is 13.0. The van der Waals surface area contributed by atoms with Gasteiger partial charge in [0.2, 0.25) is 0 Å². The number of ketones is 1. The Labute approximate surface area is 202 Å². The molecule has 4 aliphatic rings. The van der Waals surface area contributed by atoms with Gasteiger partial charge in [0.1, 0.15) is 0 Å². The van der Waals surface area contributed by atoms with Gasteiger partial charge >= 0.3 is 0 Å². The van der Waals surface area contributed by atoms with Crippen molar-refractivity contribution in [1.82, 2.24) is 0 Å². The average molecular weight is 481 g/mol. The third kappa shape index (κ3) is 3.73. The third-order valence-electron chi connectivity index (χ3n) is 10.7. The molecular weight excluding hydrogens is 436 g/mol. The van der Waals surface area contributed by atoms with Crippen LogP contribution in [0.3, 0.4) is 0 Å². The smallest absolute Gasteiger partial charge is 0.159 e. The Kier molecular flexibility index (Phi) is 6.45. The summed E-state index contributed by atoms with van der Waals surface area (Å²) in [5, 5.41) is 64.2. The van der Waals surface area contributed by atoms with Gasteiger partial charge in [-0.1, -0.05) is 20.8 Å². The van der Waals surface area contributed by atoms with Gasteiger partial charge in [0.25, 0.3) is 0 Å². The average Bonchev–Trinajstić information content (AvgIpc) is 3.00. The normalized spacial score (nSPS) is 47.2. The lowest BCUT2D eigenvalue weighted by Gasteiger charge is -2.60. The number of fused-ring (bicyclic) bond motifs is 5. The van der Waals surface area contributed by atoms with Gasteiger partial charge in [-0.25, -0.2) is 0 Å². The molecule has 0 aliphatic heterocycles. The molecule has 3 saturated carbocycles. The largest absolute Gasteiger partial charge is 0.393 e. The first kappa shape index (κ1) is 26.2. The summed E-state index contributed by atoms with van der Waals surface area (Å²) in [6.45, 7) is 9.09. The van der Waals surface area contributed by atoms with Crippen molar-refractivity contribution in [3.8, 4) is 0 Å². The molecule has 34 heavy (non-hydrogen) atoms. The fraction of sp³-hybridized carbons (Fsp3) is 0.889. The quantitative estimate of drug-likeness (QED) is 0.352. The molecule has 4 rings (SSSR count). The SMILES string of the molecule is C[C@@H]([C@H]1CC[C@@]2(O)C3=CC(=O)[C@@H]4C[C@@H](O)[C@@H](O)C[C@]4(C)C3CC[C@]12C)[C@@H](O)C[C@@H](O)C(C)(C)O. The van der Waals surface area contributed by atoms with Crippen LogP contribution in [-0.4, -0.2) is 72.0 Å². The number of rotatable bonds is 5. The van der Waals surface area contributed by atoms with E-state index < -0.39 is 46.4 Å². The van der Waals surface area contributed by atoms with E-state index in [4.69, 9.17) is 0 Å². The predicted octanol–water partition coefficient (Wildman–Crippen LogP) is 1.71. The van der Waals surface area contributed by atoms with Crippen molar-refractivity contribution in [3.63, 3.8) is 0 Å². The van der Waals surface area contributed by atoms with Crippen LogP contribution in [0.2, 0.25) is 0 Å². The standard InChI is InChI=1S/C27H44O7/c1-14(19(28)12-23(32)24(2,3)33)15-7-9-27(34)17-10-20(29)18-11-21(30)22(31)13-25(18,4)16(17)6-8-26(15,27)5/h10,14-16,18-19,21-23,28,30-34H,6-9,11-13H2,1-5H3/t14-,15+,16?,18-,19-,21+,22-,23+,25+,26+,27+/m0/s1. The van der Waals surface area contributed by atoms with Crippen LogP contribution in [0.4, 0.5) is 0 Å². The Bertz CT molecular complexity index is 848. The summed E-state index contributed by atoms with van der Waals surface area (Å²) >= 11 is 0. The number of carbonyl (C=O) groups is 1. The van der Waals surface area contributed by atoms with E-state index in [1.807, 2.05) is 13.8 Å². The minimum atomic E-state index is -1.31. The second-order valence-electron chi connectivity index (χ2n) is 13.0. The Morgan fingerprint density at radius 3 is 2.35 bits per heavy atom. The molecule has 0 aromatic rings. The zero-order valence-electron chi connectivity index (χ0n) is 21.2. The van der Waals surface area contributed by atoms with Crippen molar-refractivity contribution in [1.29, 1.82) is 0 Å². The van der Waals surface area contributed by atoms with Crippen LogP contribution in [0, 0.1) is 34.5 Å². The van der Waals surface area contributed by atoms with Crippen molar-refractivity contribution < 1.29 is 35.4 Å². The van der Waals surface area contributed by atoms with Gasteiger partial charge in [0.05, 0.1) is 35.6 Å². The molecule has 0 aromatic heterocycles. The molecule has 0 aromatic carbocycles. The maximum Gasteiger partial charge on any atom is 0.159 e. The number of aliphatic hydroxyl groups is 6. The lowest BCUT2D eigenvalue weighted by molar-refractivity contribution is -0.155. The van der Waals surface area contributed by atoms with Gasteiger partial charge < -0.3 is 30.6 Å². The summed E-state index contributed by atoms with van der Waals surface area (Å²) < 4.78 is 0. The Balaban J connectivity index is 1.63. The van der Waals surface area contributed by atoms with Gasteiger partial charge in [-0.2, -0.15) is 0 Å². The molecule has 0 heterocycles. The van der Waals surface area contributed by atoms with Crippen LogP contribution in [0.1, 0.15) is 79.6 Å². The molecule has 0 radical (unpaired) electrons. The summed E-state index contributed by atoms with van der Waals surface area (Å²) in [6.07, 6.45) is 1.34. The molecule has 194 valence electrons. The van der Waals surface area contributed by atoms with Crippen molar-refractivity contribution in [2.75, 3.05) is 0 Å². The number of carbonyl (C=O) groups excluding carboxylic acids is 1. The number of hydrogen-bond donors (Lipinski definition) is 6. The number of allylic oxidation sites excluding steroid dienone is 1. The van der Waals surface area contributed by atoms with E-state index in [1.54, 1.807) is 6.08 Å². The maximum atomic E-state index is 13.2. The van der Waals surface area contributed by atoms with Crippen molar-refractivity contribution in [2.45, 2.75) is 115 Å². The topological polar surface area (TPSA) is 138 Å². The summed E-state index contributed by atoms with van der Waals surface area (Å²) in [5.41, 5.74) is -2.75. The molecule has 11 atom stereocenters. The van der Waals surface area contributed by atoms with Gasteiger partial charge in [0.15, 0.2) is 5.78 Å². The van der Waals surface area contributed by atoms with E-state index in [1.165, 1.54) is 13.8 Å². The van der Waals surface area contributed by atoms with Gasteiger partial charge in [-0.3, -0.25) is 4.79 Å². The lowest BCUT2D eigenvalue weighted by atomic mass is 9.46. The zero-order valence-corrected chi connectivity index (χ0v) is 21.2. The molecule has 0 amide bonds. The Morgan fingerprint density at radius 2 is 1.74 bits per heavy atom. The molecule has 0 bridgehead atoms. The van der Waals surface area contributed by atoms with E-state index in [-0.39, 0.29) is 42.3 Å². The van der Waals surface area contributed by atoms with E-state index in [0.29, 0.717) is 19.3 Å². The lowest BCUT2D eigenvalue weighted by Crippen LogP contribution is -2.61. The third-order valence-corrected chi connectivity index (χ3v) is 10.7. The summed E-state index contributed by atoms with van der Waals surface area (Å²) in [4.78, 5) is 13.2. The minimum absolute atomic E-state index is 0.0113. The highest BCUT2D eigenvalue weighted by Crippen LogP contribution is 2.68. The van der Waals surface area contributed by atoms with Gasteiger partial charge in [-0.05, 0) is 87.2 Å². The highest BCUT2D eigenvalue weighted by atomic mass is 16.3. The monoisotopic (exact) mass is 480 g/mol. The first-order chi connectivity index (χ1) is 15.6. The van der Waals surface area contributed by atoms with Crippen LogP contribution < -0.4 is 0 Å². The van der Waals surface area contributed by atoms with E-state index in [2.05, 4.69) is 6.92 Å². The van der Waals surface area contributed by atoms with Crippen LogP contribution in [0.15, 0.2) is 11.6 Å². The Morgan fingerprint density at radius 1 is 1.09 bits per heavy atom. The molecule has 0 saturated heterocycles. The molecule has 7 nitrogen and oxygen atoms in total. The highest BCUT2D eigenvalue weighted by Gasteiger charge is 2.67.